The van der Waals surface area contributed by atoms with E-state index in [4.69, 9.17) is 16.6 Å². The Morgan fingerprint density at radius 2 is 1.38 bits per heavy atom. The van der Waals surface area contributed by atoms with Gasteiger partial charge in [-0.05, 0) is 75.4 Å². The van der Waals surface area contributed by atoms with Crippen molar-refractivity contribution >= 4 is 113 Å². The van der Waals surface area contributed by atoms with Crippen molar-refractivity contribution < 1.29 is 0 Å². The highest BCUT2D eigenvalue weighted by atomic mass is 35.5. The second kappa shape index (κ2) is 12.6. The van der Waals surface area contributed by atoms with Crippen molar-refractivity contribution in [1.29, 1.82) is 0 Å². The van der Waals surface area contributed by atoms with Gasteiger partial charge in [-0.25, -0.2) is 0 Å². The Morgan fingerprint density at radius 3 is 2.25 bits per heavy atom. The molecule has 1 aliphatic rings. The summed E-state index contributed by atoms with van der Waals surface area (Å²) in [7, 11) is 0. The number of hydrogen-bond donors (Lipinski definition) is 0. The molecule has 1 nitrogen and oxygen atoms in total. The maximum atomic E-state index is 7.33. The van der Waals surface area contributed by atoms with Gasteiger partial charge in [0.2, 0.25) is 0 Å². The van der Waals surface area contributed by atoms with E-state index in [1.54, 1.807) is 0 Å². The van der Waals surface area contributed by atoms with Gasteiger partial charge in [0.15, 0.2) is 0 Å². The van der Waals surface area contributed by atoms with E-state index in [1.165, 1.54) is 84.2 Å². The number of halogens is 1. The molecule has 0 aliphatic carbocycles. The van der Waals surface area contributed by atoms with Crippen LogP contribution in [-0.2, 0) is 0 Å². The lowest BCUT2D eigenvalue weighted by atomic mass is 9.85. The lowest BCUT2D eigenvalue weighted by molar-refractivity contribution is 0.790. The molecule has 52 heavy (non-hydrogen) atoms. The number of fused-ring (bicyclic) bond motifs is 9. The molecular formula is C48H34ClNS2. The van der Waals surface area contributed by atoms with Gasteiger partial charge in [0, 0.05) is 57.4 Å². The standard InChI is InChI=1S/C48H34ClNS2/c1-3-33-34(32-21-20-29-11-4-5-13-31(29)27-32)23-19-28(2)45(50-46(33)39-17-10-16-37-36-15-8-9-18-41(36)51-47(37)39)44-40(49)25-24-38-43-35-14-7-6-12-30(35)22-26-42(43)52-48(38)44/h4-18,20-28H,3,19H2,1-2H3/b34-23+,46-33-,50-45+. The minimum absolute atomic E-state index is 0.121. The van der Waals surface area contributed by atoms with Gasteiger partial charge < -0.3 is 0 Å². The van der Waals surface area contributed by atoms with Crippen LogP contribution in [-0.4, -0.2) is 5.71 Å². The fraction of sp³-hybridized carbons (Fsp3) is 0.104. The van der Waals surface area contributed by atoms with Gasteiger partial charge in [-0.3, -0.25) is 4.99 Å². The Balaban J connectivity index is 1.29. The summed E-state index contributed by atoms with van der Waals surface area (Å²) >= 11 is 11.0. The molecule has 0 N–H and O–H groups in total. The number of rotatable bonds is 4. The summed E-state index contributed by atoms with van der Waals surface area (Å²) in [5, 5.41) is 10.9. The summed E-state index contributed by atoms with van der Waals surface area (Å²) in [6.45, 7) is 4.60. The van der Waals surface area contributed by atoms with Gasteiger partial charge in [-0.15, -0.1) is 22.7 Å². The van der Waals surface area contributed by atoms with Crippen LogP contribution < -0.4 is 0 Å². The molecular weight excluding hydrogens is 690 g/mol. The first-order valence-electron chi connectivity index (χ1n) is 18.0. The highest BCUT2D eigenvalue weighted by Gasteiger charge is 2.27. The first kappa shape index (κ1) is 31.7. The molecule has 2 aromatic heterocycles. The number of aliphatic imine (C=N–C) groups is 1. The molecule has 0 bridgehead atoms. The first-order chi connectivity index (χ1) is 25.6. The molecule has 1 atom stereocenters. The highest BCUT2D eigenvalue weighted by molar-refractivity contribution is 7.26. The number of thiophene rings is 2. The van der Waals surface area contributed by atoms with Crippen LogP contribution in [0.2, 0.25) is 5.02 Å². The average Bonchev–Trinajstić information content (AvgIpc) is 3.76. The van der Waals surface area contributed by atoms with E-state index in [0.29, 0.717) is 0 Å². The Morgan fingerprint density at radius 1 is 0.654 bits per heavy atom. The molecule has 9 aromatic rings. The SMILES string of the molecule is CCC1=C(c2cccc3c2sc2ccccc23)/N=C(/c2c(Cl)ccc3c2sc2ccc4ccccc4c23)C(C)C\C=C\1c1ccc2ccccc2c1. The summed E-state index contributed by atoms with van der Waals surface area (Å²) in [5.41, 5.74) is 8.11. The molecule has 0 amide bonds. The van der Waals surface area contributed by atoms with Crippen LogP contribution in [0.5, 0.6) is 0 Å². The molecule has 0 saturated heterocycles. The summed E-state index contributed by atoms with van der Waals surface area (Å²) in [6, 6.07) is 48.6. The van der Waals surface area contributed by atoms with E-state index in [-0.39, 0.29) is 5.92 Å². The van der Waals surface area contributed by atoms with Crippen LogP contribution >= 0.6 is 34.3 Å². The number of hydrogen-bond acceptors (Lipinski definition) is 3. The Hall–Kier alpha value is -5.06. The normalized spacial score (nSPS) is 18.9. The van der Waals surface area contributed by atoms with Gasteiger partial charge in [0.25, 0.3) is 0 Å². The minimum Gasteiger partial charge on any atom is -0.251 e. The maximum absolute atomic E-state index is 7.33. The van der Waals surface area contributed by atoms with Crippen LogP contribution in [0.25, 0.3) is 73.2 Å². The van der Waals surface area contributed by atoms with Gasteiger partial charge in [0.05, 0.1) is 16.4 Å². The van der Waals surface area contributed by atoms with Gasteiger partial charge in [-0.2, -0.15) is 0 Å². The second-order valence-electron chi connectivity index (χ2n) is 13.8. The molecule has 3 heterocycles. The van der Waals surface area contributed by atoms with Crippen molar-refractivity contribution in [3.63, 3.8) is 0 Å². The van der Waals surface area contributed by atoms with Crippen molar-refractivity contribution in [2.75, 3.05) is 0 Å². The number of nitrogens with zero attached hydrogens (tertiary/aromatic N) is 1. The zero-order valence-electron chi connectivity index (χ0n) is 28.9. The summed E-state index contributed by atoms with van der Waals surface area (Å²) in [6.07, 6.45) is 4.17. The van der Waals surface area contributed by atoms with Crippen LogP contribution in [0.4, 0.5) is 0 Å². The third-order valence-corrected chi connectivity index (χ3v) is 13.5. The molecule has 7 aromatic carbocycles. The fourth-order valence-corrected chi connectivity index (χ4v) is 11.0. The molecule has 0 saturated carbocycles. The van der Waals surface area contributed by atoms with E-state index in [1.807, 2.05) is 22.7 Å². The van der Waals surface area contributed by atoms with Crippen LogP contribution in [0.15, 0.2) is 150 Å². The fourth-order valence-electron chi connectivity index (χ4n) is 8.25. The highest BCUT2D eigenvalue weighted by Crippen LogP contribution is 2.46. The van der Waals surface area contributed by atoms with Crippen molar-refractivity contribution in [2.24, 2.45) is 10.9 Å². The third-order valence-electron chi connectivity index (χ3n) is 10.8. The monoisotopic (exact) mass is 723 g/mol. The molecule has 250 valence electrons. The van der Waals surface area contributed by atoms with Crippen LogP contribution in [0.1, 0.15) is 43.4 Å². The minimum atomic E-state index is 0.121. The van der Waals surface area contributed by atoms with E-state index < -0.39 is 0 Å². The summed E-state index contributed by atoms with van der Waals surface area (Å²) < 4.78 is 5.05. The predicted molar refractivity (Wildman–Crippen MR) is 231 cm³/mol. The Kier molecular flexibility index (Phi) is 7.65. The molecule has 0 radical (unpaired) electrons. The second-order valence-corrected chi connectivity index (χ2v) is 16.3. The Bertz CT molecular complexity index is 3010. The maximum Gasteiger partial charge on any atom is 0.0758 e. The molecule has 1 unspecified atom stereocenters. The summed E-state index contributed by atoms with van der Waals surface area (Å²) in [4.78, 5) is 5.90. The van der Waals surface area contributed by atoms with E-state index in [2.05, 4.69) is 153 Å². The molecule has 10 rings (SSSR count). The zero-order valence-corrected chi connectivity index (χ0v) is 31.3. The van der Waals surface area contributed by atoms with Gasteiger partial charge in [0.1, 0.15) is 0 Å². The Labute approximate surface area is 315 Å². The average molecular weight is 724 g/mol. The first-order valence-corrected chi connectivity index (χ1v) is 20.0. The summed E-state index contributed by atoms with van der Waals surface area (Å²) in [5.74, 6) is 0.121. The lowest BCUT2D eigenvalue weighted by Crippen LogP contribution is -2.16. The van der Waals surface area contributed by atoms with Crippen molar-refractivity contribution in [3.05, 3.63) is 167 Å². The van der Waals surface area contributed by atoms with Gasteiger partial charge in [-0.1, -0.05) is 141 Å². The zero-order chi connectivity index (χ0) is 34.9. The topological polar surface area (TPSA) is 12.4 Å². The predicted octanol–water partition coefficient (Wildman–Crippen LogP) is 15.1. The molecule has 1 aliphatic heterocycles. The molecule has 0 fully saturated rings. The van der Waals surface area contributed by atoms with Gasteiger partial charge >= 0.3 is 0 Å². The van der Waals surface area contributed by atoms with Crippen molar-refractivity contribution in [2.45, 2.75) is 26.7 Å². The number of allylic oxidation sites excluding steroid dienone is 3. The van der Waals surface area contributed by atoms with E-state index in [0.717, 1.165) is 34.8 Å². The van der Waals surface area contributed by atoms with E-state index in [9.17, 15) is 0 Å². The number of benzene rings is 7. The lowest BCUT2D eigenvalue weighted by Gasteiger charge is -2.24. The van der Waals surface area contributed by atoms with Crippen LogP contribution in [0, 0.1) is 5.92 Å². The molecule has 4 heteroatoms. The van der Waals surface area contributed by atoms with Crippen LogP contribution in [0.3, 0.4) is 0 Å². The van der Waals surface area contributed by atoms with E-state index >= 15 is 0 Å². The van der Waals surface area contributed by atoms with Crippen molar-refractivity contribution in [3.8, 4) is 0 Å². The largest absolute Gasteiger partial charge is 0.251 e. The molecule has 0 spiro atoms. The smallest absolute Gasteiger partial charge is 0.0758 e. The van der Waals surface area contributed by atoms with Crippen molar-refractivity contribution in [1.82, 2.24) is 0 Å². The third kappa shape index (κ3) is 4.98. The quantitative estimate of drug-likeness (QED) is 0.171.